The maximum Gasteiger partial charge on any atom is 0.240 e. The fraction of sp³-hybridized carbons (Fsp3) is 0.923. The second kappa shape index (κ2) is 7.31. The summed E-state index contributed by atoms with van der Waals surface area (Å²) in [6.07, 6.45) is 8.56. The van der Waals surface area contributed by atoms with Crippen LogP contribution in [-0.4, -0.2) is 30.7 Å². The van der Waals surface area contributed by atoms with Crippen LogP contribution >= 0.6 is 12.4 Å². The molecule has 2 aliphatic rings. The van der Waals surface area contributed by atoms with Crippen LogP contribution in [-0.2, 0) is 9.53 Å². The van der Waals surface area contributed by atoms with Crippen molar-refractivity contribution in [1.82, 2.24) is 5.32 Å². The number of hydrogen-bond donors (Lipinski definition) is 2. The van der Waals surface area contributed by atoms with Crippen LogP contribution in [0.2, 0.25) is 0 Å². The second-order valence-corrected chi connectivity index (χ2v) is 5.43. The van der Waals surface area contributed by atoms with Gasteiger partial charge >= 0.3 is 0 Å². The van der Waals surface area contributed by atoms with E-state index in [2.05, 4.69) is 5.32 Å². The van der Waals surface area contributed by atoms with E-state index in [4.69, 9.17) is 10.5 Å². The molecule has 1 saturated carbocycles. The molecule has 4 nitrogen and oxygen atoms in total. The Balaban J connectivity index is 0.00000162. The average molecular weight is 277 g/mol. The van der Waals surface area contributed by atoms with E-state index < -0.39 is 5.54 Å². The molecule has 5 heteroatoms. The van der Waals surface area contributed by atoms with Crippen LogP contribution in [0.15, 0.2) is 0 Å². The summed E-state index contributed by atoms with van der Waals surface area (Å²) in [6, 6.07) is 0.341. The lowest BCUT2D eigenvalue weighted by atomic mass is 9.90. The molecule has 2 fully saturated rings. The summed E-state index contributed by atoms with van der Waals surface area (Å²) in [5.74, 6) is 0.0349. The average Bonchev–Trinajstić information content (AvgIpc) is 2.58. The van der Waals surface area contributed by atoms with Gasteiger partial charge in [-0.05, 0) is 25.7 Å². The van der Waals surface area contributed by atoms with E-state index in [1.54, 1.807) is 0 Å². The van der Waals surface area contributed by atoms with E-state index in [1.807, 2.05) is 0 Å². The molecule has 0 bridgehead atoms. The largest absolute Gasteiger partial charge is 0.381 e. The highest BCUT2D eigenvalue weighted by Crippen LogP contribution is 2.21. The van der Waals surface area contributed by atoms with Crippen molar-refractivity contribution in [2.75, 3.05) is 13.2 Å². The van der Waals surface area contributed by atoms with E-state index in [0.717, 1.165) is 12.8 Å². The smallest absolute Gasteiger partial charge is 0.240 e. The summed E-state index contributed by atoms with van der Waals surface area (Å²) in [5, 5.41) is 3.15. The van der Waals surface area contributed by atoms with Gasteiger partial charge in [-0.2, -0.15) is 0 Å². The van der Waals surface area contributed by atoms with E-state index in [-0.39, 0.29) is 18.3 Å². The van der Waals surface area contributed by atoms with E-state index in [0.29, 0.717) is 32.1 Å². The second-order valence-electron chi connectivity index (χ2n) is 5.43. The highest BCUT2D eigenvalue weighted by molar-refractivity contribution is 5.86. The molecule has 0 spiro atoms. The van der Waals surface area contributed by atoms with Crippen molar-refractivity contribution in [1.29, 1.82) is 0 Å². The molecule has 1 aliphatic heterocycles. The van der Waals surface area contributed by atoms with Crippen molar-refractivity contribution in [2.24, 2.45) is 5.73 Å². The first-order valence-corrected chi connectivity index (χ1v) is 6.88. The molecule has 1 amide bonds. The van der Waals surface area contributed by atoms with Crippen molar-refractivity contribution in [3.63, 3.8) is 0 Å². The van der Waals surface area contributed by atoms with Crippen LogP contribution in [0.5, 0.6) is 0 Å². The molecule has 18 heavy (non-hydrogen) atoms. The van der Waals surface area contributed by atoms with Gasteiger partial charge in [0.05, 0.1) is 5.54 Å². The van der Waals surface area contributed by atoms with Gasteiger partial charge in [-0.3, -0.25) is 4.79 Å². The Kier molecular flexibility index (Phi) is 6.39. The number of nitrogens with two attached hydrogens (primary N) is 1. The third-order valence-electron chi connectivity index (χ3n) is 4.03. The van der Waals surface area contributed by atoms with E-state index in [1.165, 1.54) is 25.7 Å². The zero-order chi connectivity index (χ0) is 12.1. The number of ether oxygens (including phenoxy) is 1. The van der Waals surface area contributed by atoms with Gasteiger partial charge in [-0.15, -0.1) is 12.4 Å². The molecular weight excluding hydrogens is 252 g/mol. The molecule has 0 unspecified atom stereocenters. The Morgan fingerprint density at radius 1 is 1.11 bits per heavy atom. The number of carbonyl (C=O) groups is 1. The van der Waals surface area contributed by atoms with Gasteiger partial charge in [-0.1, -0.05) is 25.7 Å². The fourth-order valence-corrected chi connectivity index (χ4v) is 2.72. The van der Waals surface area contributed by atoms with Crippen molar-refractivity contribution in [2.45, 2.75) is 62.9 Å². The third kappa shape index (κ3) is 4.11. The molecule has 0 radical (unpaired) electrons. The van der Waals surface area contributed by atoms with Crippen LogP contribution in [0.4, 0.5) is 0 Å². The molecule has 0 atom stereocenters. The Bertz CT molecular complexity index is 260. The van der Waals surface area contributed by atoms with Gasteiger partial charge in [-0.25, -0.2) is 0 Å². The van der Waals surface area contributed by atoms with Gasteiger partial charge in [0, 0.05) is 19.3 Å². The van der Waals surface area contributed by atoms with Crippen LogP contribution in [0, 0.1) is 0 Å². The van der Waals surface area contributed by atoms with Gasteiger partial charge in [0.1, 0.15) is 0 Å². The minimum Gasteiger partial charge on any atom is -0.381 e. The van der Waals surface area contributed by atoms with Gasteiger partial charge in [0.15, 0.2) is 0 Å². The Labute approximate surface area is 115 Å². The zero-order valence-corrected chi connectivity index (χ0v) is 11.8. The normalized spacial score (nSPS) is 24.7. The van der Waals surface area contributed by atoms with E-state index in [9.17, 15) is 4.79 Å². The lowest BCUT2D eigenvalue weighted by Crippen LogP contribution is -2.58. The van der Waals surface area contributed by atoms with Gasteiger partial charge in [0.2, 0.25) is 5.91 Å². The summed E-state index contributed by atoms with van der Waals surface area (Å²) < 4.78 is 5.27. The summed E-state index contributed by atoms with van der Waals surface area (Å²) in [5.41, 5.74) is 5.48. The topological polar surface area (TPSA) is 64.4 Å². The lowest BCUT2D eigenvalue weighted by Gasteiger charge is -2.33. The first kappa shape index (κ1) is 15.7. The monoisotopic (exact) mass is 276 g/mol. The van der Waals surface area contributed by atoms with Gasteiger partial charge < -0.3 is 15.8 Å². The lowest BCUT2D eigenvalue weighted by molar-refractivity contribution is -0.130. The molecule has 0 aromatic carbocycles. The Hall–Kier alpha value is -0.320. The minimum atomic E-state index is -0.690. The van der Waals surface area contributed by atoms with Crippen molar-refractivity contribution in [3.8, 4) is 0 Å². The Morgan fingerprint density at radius 2 is 1.67 bits per heavy atom. The number of rotatable bonds is 2. The number of halogens is 1. The summed E-state index contributed by atoms with van der Waals surface area (Å²) in [6.45, 7) is 1.21. The number of carbonyl (C=O) groups excluding carboxylic acids is 1. The molecular formula is C13H25ClN2O2. The third-order valence-corrected chi connectivity index (χ3v) is 4.03. The predicted molar refractivity (Wildman–Crippen MR) is 73.9 cm³/mol. The molecule has 106 valence electrons. The molecule has 1 saturated heterocycles. The SMILES string of the molecule is Cl.NC1(C(=O)NC2CCCCCC2)CCOCC1. The van der Waals surface area contributed by atoms with Crippen LogP contribution in [0.1, 0.15) is 51.4 Å². The molecule has 3 N–H and O–H groups in total. The van der Waals surface area contributed by atoms with Crippen molar-refractivity contribution in [3.05, 3.63) is 0 Å². The van der Waals surface area contributed by atoms with Crippen molar-refractivity contribution >= 4 is 18.3 Å². The van der Waals surface area contributed by atoms with Crippen molar-refractivity contribution < 1.29 is 9.53 Å². The maximum atomic E-state index is 12.2. The van der Waals surface area contributed by atoms with E-state index >= 15 is 0 Å². The quantitative estimate of drug-likeness (QED) is 0.756. The van der Waals surface area contributed by atoms with Gasteiger partial charge in [0.25, 0.3) is 0 Å². The number of nitrogens with one attached hydrogen (secondary N) is 1. The predicted octanol–water partition coefficient (Wildman–Crippen LogP) is 1.76. The summed E-state index contributed by atoms with van der Waals surface area (Å²) >= 11 is 0. The van der Waals surface area contributed by atoms with Crippen LogP contribution in [0.3, 0.4) is 0 Å². The number of hydrogen-bond acceptors (Lipinski definition) is 3. The first-order valence-electron chi connectivity index (χ1n) is 6.88. The first-order chi connectivity index (χ1) is 8.21. The zero-order valence-electron chi connectivity index (χ0n) is 11.0. The maximum absolute atomic E-state index is 12.2. The van der Waals surface area contributed by atoms with Crippen LogP contribution in [0.25, 0.3) is 0 Å². The Morgan fingerprint density at radius 3 is 2.22 bits per heavy atom. The highest BCUT2D eigenvalue weighted by Gasteiger charge is 2.36. The molecule has 0 aromatic heterocycles. The standard InChI is InChI=1S/C13H24N2O2.ClH/c14-13(7-9-17-10-8-13)12(16)15-11-5-3-1-2-4-6-11;/h11H,1-10,14H2,(H,15,16);1H. The minimum absolute atomic E-state index is 0. The molecule has 2 rings (SSSR count). The number of amides is 1. The summed E-state index contributed by atoms with van der Waals surface area (Å²) in [7, 11) is 0. The van der Waals surface area contributed by atoms with Crippen LogP contribution < -0.4 is 11.1 Å². The fourth-order valence-electron chi connectivity index (χ4n) is 2.72. The molecule has 1 heterocycles. The summed E-state index contributed by atoms with van der Waals surface area (Å²) in [4.78, 5) is 12.2. The molecule has 0 aromatic rings. The highest BCUT2D eigenvalue weighted by atomic mass is 35.5. The molecule has 1 aliphatic carbocycles.